The predicted octanol–water partition coefficient (Wildman–Crippen LogP) is 2.53. The van der Waals surface area contributed by atoms with E-state index in [1.807, 2.05) is 0 Å². The zero-order valence-corrected chi connectivity index (χ0v) is 15.3. The van der Waals surface area contributed by atoms with Gasteiger partial charge >= 0.3 is 0 Å². The van der Waals surface area contributed by atoms with Crippen molar-refractivity contribution in [3.05, 3.63) is 64.4 Å². The van der Waals surface area contributed by atoms with Crippen molar-refractivity contribution >= 4 is 31.9 Å². The van der Waals surface area contributed by atoms with Gasteiger partial charge in [0.15, 0.2) is 0 Å². The highest BCUT2D eigenvalue weighted by Gasteiger charge is 2.22. The molecular weight excluding hydrogens is 399 g/mol. The SMILES string of the molecule is CN(CC(=O)NCc1cc(Br)ccc1F)S(=O)(=O)c1ccccc1. The molecule has 2 aromatic rings. The highest BCUT2D eigenvalue weighted by molar-refractivity contribution is 9.10. The van der Waals surface area contributed by atoms with E-state index < -0.39 is 21.7 Å². The molecule has 0 saturated heterocycles. The van der Waals surface area contributed by atoms with Gasteiger partial charge in [0.25, 0.3) is 0 Å². The van der Waals surface area contributed by atoms with Crippen molar-refractivity contribution in [1.82, 2.24) is 9.62 Å². The van der Waals surface area contributed by atoms with Crippen LogP contribution in [0.4, 0.5) is 4.39 Å². The van der Waals surface area contributed by atoms with Crippen LogP contribution in [0.5, 0.6) is 0 Å². The standard InChI is InChI=1S/C16H16BrFN2O3S/c1-20(24(22,23)14-5-3-2-4-6-14)11-16(21)19-10-12-9-13(17)7-8-15(12)18/h2-9H,10-11H2,1H3,(H,19,21). The molecule has 0 aliphatic heterocycles. The highest BCUT2D eigenvalue weighted by atomic mass is 79.9. The summed E-state index contributed by atoms with van der Waals surface area (Å²) in [5.74, 6) is -0.958. The molecule has 2 aromatic carbocycles. The second kappa shape index (κ2) is 7.87. The van der Waals surface area contributed by atoms with E-state index in [0.29, 0.717) is 10.0 Å². The summed E-state index contributed by atoms with van der Waals surface area (Å²) in [4.78, 5) is 12.1. The Bertz CT molecular complexity index is 828. The van der Waals surface area contributed by atoms with Gasteiger partial charge in [0.05, 0.1) is 11.4 Å². The predicted molar refractivity (Wildman–Crippen MR) is 92.2 cm³/mol. The lowest BCUT2D eigenvalue weighted by Gasteiger charge is -2.17. The van der Waals surface area contributed by atoms with Crippen LogP contribution in [0.15, 0.2) is 57.9 Å². The van der Waals surface area contributed by atoms with E-state index in [9.17, 15) is 17.6 Å². The molecule has 0 saturated carbocycles. The molecule has 0 fully saturated rings. The summed E-state index contributed by atoms with van der Waals surface area (Å²) in [6.07, 6.45) is 0. The first-order valence-corrected chi connectivity index (χ1v) is 9.26. The van der Waals surface area contributed by atoms with Gasteiger partial charge in [0, 0.05) is 23.6 Å². The number of carbonyl (C=O) groups is 1. The van der Waals surface area contributed by atoms with Crippen molar-refractivity contribution < 1.29 is 17.6 Å². The molecule has 8 heteroatoms. The molecule has 0 aliphatic rings. The third-order valence-electron chi connectivity index (χ3n) is 3.30. The molecule has 1 amide bonds. The zero-order valence-electron chi connectivity index (χ0n) is 12.9. The van der Waals surface area contributed by atoms with Gasteiger partial charge in [-0.05, 0) is 30.3 Å². The van der Waals surface area contributed by atoms with Gasteiger partial charge in [0.2, 0.25) is 15.9 Å². The second-order valence-corrected chi connectivity index (χ2v) is 8.05. The van der Waals surface area contributed by atoms with Crippen LogP contribution in [0, 0.1) is 5.82 Å². The first-order valence-electron chi connectivity index (χ1n) is 7.02. The first-order chi connectivity index (χ1) is 11.3. The monoisotopic (exact) mass is 414 g/mol. The van der Waals surface area contributed by atoms with Crippen LogP contribution in [-0.4, -0.2) is 32.2 Å². The molecular formula is C16H16BrFN2O3S. The smallest absolute Gasteiger partial charge is 0.243 e. The second-order valence-electron chi connectivity index (χ2n) is 5.09. The van der Waals surface area contributed by atoms with Crippen molar-refractivity contribution in [2.75, 3.05) is 13.6 Å². The maximum atomic E-state index is 13.6. The number of hydrogen-bond donors (Lipinski definition) is 1. The Hall–Kier alpha value is -1.77. The van der Waals surface area contributed by atoms with E-state index in [1.165, 1.54) is 25.2 Å². The number of amides is 1. The fraction of sp³-hybridized carbons (Fsp3) is 0.188. The number of nitrogens with one attached hydrogen (secondary N) is 1. The van der Waals surface area contributed by atoms with Crippen molar-refractivity contribution in [2.45, 2.75) is 11.4 Å². The molecule has 0 radical (unpaired) electrons. The number of sulfonamides is 1. The Labute approximate surface area is 148 Å². The van der Waals surface area contributed by atoms with Crippen LogP contribution >= 0.6 is 15.9 Å². The van der Waals surface area contributed by atoms with Gasteiger partial charge in [-0.25, -0.2) is 12.8 Å². The summed E-state index contributed by atoms with van der Waals surface area (Å²) < 4.78 is 39.9. The molecule has 0 aliphatic carbocycles. The van der Waals surface area contributed by atoms with Crippen molar-refractivity contribution in [2.24, 2.45) is 0 Å². The van der Waals surface area contributed by atoms with Gasteiger partial charge in [-0.3, -0.25) is 4.79 Å². The molecule has 128 valence electrons. The maximum absolute atomic E-state index is 13.6. The van der Waals surface area contributed by atoms with Crippen LogP contribution in [-0.2, 0) is 21.4 Å². The third kappa shape index (κ3) is 4.62. The van der Waals surface area contributed by atoms with Crippen molar-refractivity contribution in [3.63, 3.8) is 0 Å². The topological polar surface area (TPSA) is 66.5 Å². The van der Waals surface area contributed by atoms with Crippen molar-refractivity contribution in [1.29, 1.82) is 0 Å². The average molecular weight is 415 g/mol. The molecule has 0 spiro atoms. The summed E-state index contributed by atoms with van der Waals surface area (Å²) in [7, 11) is -2.42. The lowest BCUT2D eigenvalue weighted by atomic mass is 10.2. The van der Waals surface area contributed by atoms with Crippen LogP contribution < -0.4 is 5.32 Å². The minimum atomic E-state index is -3.74. The lowest BCUT2D eigenvalue weighted by Crippen LogP contribution is -2.38. The number of benzene rings is 2. The summed E-state index contributed by atoms with van der Waals surface area (Å²) >= 11 is 3.23. The Kier molecular flexibility index (Phi) is 6.09. The Balaban J connectivity index is 1.98. The van der Waals surface area contributed by atoms with E-state index in [0.717, 1.165) is 4.31 Å². The minimum Gasteiger partial charge on any atom is -0.351 e. The summed E-state index contributed by atoms with van der Waals surface area (Å²) in [5.41, 5.74) is 0.311. The molecule has 24 heavy (non-hydrogen) atoms. The van der Waals surface area contributed by atoms with E-state index in [4.69, 9.17) is 0 Å². The van der Waals surface area contributed by atoms with E-state index in [-0.39, 0.29) is 18.0 Å². The maximum Gasteiger partial charge on any atom is 0.243 e. The zero-order chi connectivity index (χ0) is 17.7. The minimum absolute atomic E-state index is 0.0245. The average Bonchev–Trinajstić information content (AvgIpc) is 2.56. The van der Waals surface area contributed by atoms with Crippen LogP contribution in [0.3, 0.4) is 0 Å². The number of halogens is 2. The molecule has 0 heterocycles. The lowest BCUT2D eigenvalue weighted by molar-refractivity contribution is -0.121. The molecule has 5 nitrogen and oxygen atoms in total. The van der Waals surface area contributed by atoms with Gasteiger partial charge in [-0.15, -0.1) is 0 Å². The molecule has 0 aromatic heterocycles. The summed E-state index contributed by atoms with van der Waals surface area (Å²) in [5, 5.41) is 2.52. The number of rotatable bonds is 6. The Morgan fingerprint density at radius 1 is 1.21 bits per heavy atom. The van der Waals surface area contributed by atoms with Gasteiger partial charge in [0.1, 0.15) is 5.82 Å². The summed E-state index contributed by atoms with van der Waals surface area (Å²) in [6, 6.07) is 12.2. The van der Waals surface area contributed by atoms with Crippen molar-refractivity contribution in [3.8, 4) is 0 Å². The van der Waals surface area contributed by atoms with Crippen LogP contribution in [0.1, 0.15) is 5.56 Å². The first kappa shape index (κ1) is 18.6. The van der Waals surface area contributed by atoms with E-state index >= 15 is 0 Å². The van der Waals surface area contributed by atoms with Crippen LogP contribution in [0.2, 0.25) is 0 Å². The quantitative estimate of drug-likeness (QED) is 0.789. The fourth-order valence-corrected chi connectivity index (χ4v) is 3.54. The third-order valence-corrected chi connectivity index (χ3v) is 5.61. The van der Waals surface area contributed by atoms with E-state index in [1.54, 1.807) is 30.3 Å². The summed E-state index contributed by atoms with van der Waals surface area (Å²) in [6.45, 7) is -0.379. The molecule has 2 rings (SSSR count). The molecule has 0 atom stereocenters. The number of nitrogens with zero attached hydrogens (tertiary/aromatic N) is 1. The van der Waals surface area contributed by atoms with Crippen LogP contribution in [0.25, 0.3) is 0 Å². The Morgan fingerprint density at radius 2 is 1.88 bits per heavy atom. The Morgan fingerprint density at radius 3 is 2.54 bits per heavy atom. The molecule has 1 N–H and O–H groups in total. The van der Waals surface area contributed by atoms with Gasteiger partial charge < -0.3 is 5.32 Å². The van der Waals surface area contributed by atoms with Gasteiger partial charge in [-0.1, -0.05) is 34.1 Å². The number of likely N-dealkylation sites (N-methyl/N-ethyl adjacent to an activating group) is 1. The highest BCUT2D eigenvalue weighted by Crippen LogP contribution is 2.16. The fourth-order valence-electron chi connectivity index (χ4n) is 1.99. The molecule has 0 bridgehead atoms. The number of carbonyl (C=O) groups excluding carboxylic acids is 1. The van der Waals surface area contributed by atoms with E-state index in [2.05, 4.69) is 21.2 Å². The number of hydrogen-bond acceptors (Lipinski definition) is 3. The molecule has 0 unspecified atom stereocenters. The largest absolute Gasteiger partial charge is 0.351 e. The normalized spacial score (nSPS) is 11.5. The van der Waals surface area contributed by atoms with Gasteiger partial charge in [-0.2, -0.15) is 4.31 Å².